The minimum absolute atomic E-state index is 0.456. The van der Waals surface area contributed by atoms with Crippen molar-refractivity contribution in [2.24, 2.45) is 0 Å². The highest BCUT2D eigenvalue weighted by Gasteiger charge is 2.29. The van der Waals surface area contributed by atoms with Crippen molar-refractivity contribution in [1.82, 2.24) is 9.88 Å². The smallest absolute Gasteiger partial charge is 0.0738 e. The van der Waals surface area contributed by atoms with Crippen molar-refractivity contribution in [3.8, 4) is 0 Å². The SMILES string of the molecule is COC1CCCC(N2CCN(c3ccncc3N)CC2)C1. The highest BCUT2D eigenvalue weighted by molar-refractivity contribution is 5.66. The highest BCUT2D eigenvalue weighted by atomic mass is 16.5. The fraction of sp³-hybridized carbons (Fsp3) is 0.688. The van der Waals surface area contributed by atoms with E-state index < -0.39 is 0 Å². The first-order valence-corrected chi connectivity index (χ1v) is 7.99. The van der Waals surface area contributed by atoms with Crippen LogP contribution in [0.2, 0.25) is 0 Å². The molecule has 0 radical (unpaired) electrons. The van der Waals surface area contributed by atoms with Crippen molar-refractivity contribution in [1.29, 1.82) is 0 Å². The van der Waals surface area contributed by atoms with E-state index in [1.807, 2.05) is 19.4 Å². The number of pyridine rings is 1. The lowest BCUT2D eigenvalue weighted by molar-refractivity contribution is 0.0264. The van der Waals surface area contributed by atoms with Crippen LogP contribution in [0.15, 0.2) is 18.5 Å². The third kappa shape index (κ3) is 3.30. The Hall–Kier alpha value is -1.33. The van der Waals surface area contributed by atoms with Gasteiger partial charge in [-0.2, -0.15) is 0 Å². The van der Waals surface area contributed by atoms with Crippen LogP contribution in [0.3, 0.4) is 0 Å². The summed E-state index contributed by atoms with van der Waals surface area (Å²) >= 11 is 0. The molecule has 1 aromatic heterocycles. The molecule has 1 saturated carbocycles. The number of nitrogens with two attached hydrogens (primary N) is 1. The summed E-state index contributed by atoms with van der Waals surface area (Å²) in [6.45, 7) is 4.32. The van der Waals surface area contributed by atoms with Gasteiger partial charge in [0.1, 0.15) is 0 Å². The summed E-state index contributed by atoms with van der Waals surface area (Å²) in [6, 6.07) is 2.72. The molecule has 5 heteroatoms. The lowest BCUT2D eigenvalue weighted by Gasteiger charge is -2.43. The van der Waals surface area contributed by atoms with E-state index in [9.17, 15) is 0 Å². The summed E-state index contributed by atoms with van der Waals surface area (Å²) in [4.78, 5) is 9.09. The van der Waals surface area contributed by atoms with Crippen molar-refractivity contribution >= 4 is 11.4 Å². The van der Waals surface area contributed by atoms with Gasteiger partial charge >= 0.3 is 0 Å². The Morgan fingerprint density at radius 3 is 2.76 bits per heavy atom. The normalized spacial score (nSPS) is 27.8. The number of methoxy groups -OCH3 is 1. The first-order chi connectivity index (χ1) is 10.3. The van der Waals surface area contributed by atoms with Gasteiger partial charge < -0.3 is 15.4 Å². The zero-order valence-electron chi connectivity index (χ0n) is 12.9. The Labute approximate surface area is 127 Å². The zero-order chi connectivity index (χ0) is 14.7. The summed E-state index contributed by atoms with van der Waals surface area (Å²) in [5.74, 6) is 0. The first-order valence-electron chi connectivity index (χ1n) is 7.99. The van der Waals surface area contributed by atoms with Crippen LogP contribution in [0.5, 0.6) is 0 Å². The van der Waals surface area contributed by atoms with E-state index >= 15 is 0 Å². The Morgan fingerprint density at radius 1 is 1.24 bits per heavy atom. The molecule has 2 aliphatic rings. The number of nitrogens with zero attached hydrogens (tertiary/aromatic N) is 3. The Kier molecular flexibility index (Phi) is 4.60. The molecule has 1 aliphatic carbocycles. The maximum Gasteiger partial charge on any atom is 0.0738 e. The van der Waals surface area contributed by atoms with Crippen molar-refractivity contribution in [3.05, 3.63) is 18.5 Å². The molecule has 1 saturated heterocycles. The standard InChI is InChI=1S/C16H26N4O/c1-21-14-4-2-3-13(11-14)19-7-9-20(10-8-19)16-5-6-18-12-15(16)17/h5-6,12-14H,2-4,7-11,17H2,1H3. The predicted octanol–water partition coefficient (Wildman–Crippen LogP) is 1.74. The second-order valence-corrected chi connectivity index (χ2v) is 6.14. The third-order valence-corrected chi connectivity index (χ3v) is 4.93. The number of hydrogen-bond acceptors (Lipinski definition) is 5. The quantitative estimate of drug-likeness (QED) is 0.919. The van der Waals surface area contributed by atoms with Crippen LogP contribution in [0.1, 0.15) is 25.7 Å². The third-order valence-electron chi connectivity index (χ3n) is 4.93. The summed E-state index contributed by atoms with van der Waals surface area (Å²) < 4.78 is 5.56. The average Bonchev–Trinajstić information content (AvgIpc) is 2.56. The van der Waals surface area contributed by atoms with Crippen LogP contribution in [-0.2, 0) is 4.74 Å². The molecule has 2 atom stereocenters. The van der Waals surface area contributed by atoms with E-state index in [1.165, 1.54) is 25.7 Å². The molecule has 0 bridgehead atoms. The summed E-state index contributed by atoms with van der Waals surface area (Å²) in [5.41, 5.74) is 7.94. The van der Waals surface area contributed by atoms with E-state index in [1.54, 1.807) is 6.20 Å². The molecule has 2 heterocycles. The topological polar surface area (TPSA) is 54.6 Å². The lowest BCUT2D eigenvalue weighted by Crippen LogP contribution is -2.52. The van der Waals surface area contributed by atoms with Crippen LogP contribution in [0.25, 0.3) is 0 Å². The Bertz CT molecular complexity index is 459. The molecule has 0 amide bonds. The van der Waals surface area contributed by atoms with E-state index in [0.717, 1.165) is 37.6 Å². The lowest BCUT2D eigenvalue weighted by atomic mass is 9.91. The molecule has 1 aromatic rings. The molecule has 3 rings (SSSR count). The van der Waals surface area contributed by atoms with Crippen LogP contribution in [-0.4, -0.2) is 55.3 Å². The summed E-state index contributed by atoms with van der Waals surface area (Å²) in [7, 11) is 1.84. The van der Waals surface area contributed by atoms with E-state index in [-0.39, 0.29) is 0 Å². The second kappa shape index (κ2) is 6.62. The maximum atomic E-state index is 6.03. The molecule has 2 N–H and O–H groups in total. The minimum atomic E-state index is 0.456. The van der Waals surface area contributed by atoms with Gasteiger partial charge in [0.15, 0.2) is 0 Å². The van der Waals surface area contributed by atoms with Crippen LogP contribution in [0, 0.1) is 0 Å². The fourth-order valence-electron chi connectivity index (χ4n) is 3.68. The van der Waals surface area contributed by atoms with E-state index in [0.29, 0.717) is 12.1 Å². The van der Waals surface area contributed by atoms with Crippen LogP contribution >= 0.6 is 0 Å². The van der Waals surface area contributed by atoms with Crippen molar-refractivity contribution in [2.75, 3.05) is 43.9 Å². The molecule has 1 aliphatic heterocycles. The summed E-state index contributed by atoms with van der Waals surface area (Å²) in [5, 5.41) is 0. The van der Waals surface area contributed by atoms with Crippen LogP contribution < -0.4 is 10.6 Å². The molecule has 0 aromatic carbocycles. The van der Waals surface area contributed by atoms with Gasteiger partial charge in [0, 0.05) is 45.5 Å². The number of anilines is 2. The van der Waals surface area contributed by atoms with Crippen molar-refractivity contribution in [3.63, 3.8) is 0 Å². The number of aromatic nitrogens is 1. The molecule has 2 fully saturated rings. The number of nitrogen functional groups attached to an aromatic ring is 1. The molecule has 116 valence electrons. The first kappa shape index (κ1) is 14.6. The fourth-order valence-corrected chi connectivity index (χ4v) is 3.68. The van der Waals surface area contributed by atoms with Gasteiger partial charge in [-0.05, 0) is 31.7 Å². The van der Waals surface area contributed by atoms with Crippen molar-refractivity contribution < 1.29 is 4.74 Å². The Balaban J connectivity index is 1.57. The number of ether oxygens (including phenoxy) is 1. The molecule has 21 heavy (non-hydrogen) atoms. The maximum absolute atomic E-state index is 6.03. The van der Waals surface area contributed by atoms with Crippen molar-refractivity contribution in [2.45, 2.75) is 37.8 Å². The predicted molar refractivity (Wildman–Crippen MR) is 85.5 cm³/mol. The molecule has 0 spiro atoms. The van der Waals surface area contributed by atoms with E-state index in [4.69, 9.17) is 10.5 Å². The molecular weight excluding hydrogens is 264 g/mol. The van der Waals surface area contributed by atoms with Gasteiger partial charge in [-0.3, -0.25) is 9.88 Å². The molecular formula is C16H26N4O. The van der Waals surface area contributed by atoms with Gasteiger partial charge in [-0.1, -0.05) is 0 Å². The van der Waals surface area contributed by atoms with Gasteiger partial charge in [-0.25, -0.2) is 0 Å². The number of hydrogen-bond donors (Lipinski definition) is 1. The second-order valence-electron chi connectivity index (χ2n) is 6.14. The largest absolute Gasteiger partial charge is 0.396 e. The van der Waals surface area contributed by atoms with E-state index in [2.05, 4.69) is 14.8 Å². The van der Waals surface area contributed by atoms with Gasteiger partial charge in [0.05, 0.1) is 23.7 Å². The van der Waals surface area contributed by atoms with Gasteiger partial charge in [-0.15, -0.1) is 0 Å². The van der Waals surface area contributed by atoms with Crippen LogP contribution in [0.4, 0.5) is 11.4 Å². The highest BCUT2D eigenvalue weighted by Crippen LogP contribution is 2.27. The average molecular weight is 290 g/mol. The van der Waals surface area contributed by atoms with Gasteiger partial charge in [0.25, 0.3) is 0 Å². The number of piperazine rings is 1. The minimum Gasteiger partial charge on any atom is -0.396 e. The monoisotopic (exact) mass is 290 g/mol. The number of rotatable bonds is 3. The molecule has 5 nitrogen and oxygen atoms in total. The Morgan fingerprint density at radius 2 is 2.05 bits per heavy atom. The zero-order valence-corrected chi connectivity index (χ0v) is 12.9. The summed E-state index contributed by atoms with van der Waals surface area (Å²) in [6.07, 6.45) is 9.04. The van der Waals surface area contributed by atoms with Gasteiger partial charge in [0.2, 0.25) is 0 Å². The molecule has 2 unspecified atom stereocenters.